The number of nitrogens with zero attached hydrogens (tertiary/aromatic N) is 2. The first-order valence-electron chi connectivity index (χ1n) is 10.5. The molecule has 2 aromatic carbocycles. The minimum atomic E-state index is -0.698. The minimum absolute atomic E-state index is 0.0210. The summed E-state index contributed by atoms with van der Waals surface area (Å²) >= 11 is 0. The van der Waals surface area contributed by atoms with Crippen molar-refractivity contribution in [2.75, 3.05) is 31.7 Å². The molecule has 31 heavy (non-hydrogen) atoms. The highest BCUT2D eigenvalue weighted by Gasteiger charge is 2.25. The predicted molar refractivity (Wildman–Crippen MR) is 120 cm³/mol. The van der Waals surface area contributed by atoms with Gasteiger partial charge in [-0.3, -0.25) is 0 Å². The number of carbonyl (C=O) groups excluding carboxylic acids is 1. The molecule has 1 aliphatic heterocycles. The van der Waals surface area contributed by atoms with Crippen molar-refractivity contribution >= 4 is 11.7 Å². The number of methoxy groups -OCH3 is 1. The van der Waals surface area contributed by atoms with Crippen LogP contribution in [0.4, 0.5) is 5.69 Å². The lowest BCUT2D eigenvalue weighted by Gasteiger charge is -2.29. The van der Waals surface area contributed by atoms with Gasteiger partial charge >= 0.3 is 5.97 Å². The van der Waals surface area contributed by atoms with Gasteiger partial charge in [-0.05, 0) is 47.6 Å². The van der Waals surface area contributed by atoms with Crippen LogP contribution in [0.1, 0.15) is 61.1 Å². The Morgan fingerprint density at radius 2 is 1.87 bits per heavy atom. The SMILES string of the molecule is COC(=O)c1ccc(OCC(N=O)c2ccc(N3CCCC3)c(C(C)(C)C)c2)cc1O. The number of aromatic hydroxyl groups is 1. The van der Waals surface area contributed by atoms with Crippen molar-refractivity contribution in [3.05, 3.63) is 58.0 Å². The number of nitroso groups, excluding NO2 is 1. The molecule has 0 amide bonds. The van der Waals surface area contributed by atoms with Gasteiger partial charge in [0.15, 0.2) is 6.04 Å². The summed E-state index contributed by atoms with van der Waals surface area (Å²) in [6, 6.07) is 9.67. The van der Waals surface area contributed by atoms with Crippen molar-refractivity contribution < 1.29 is 19.4 Å². The van der Waals surface area contributed by atoms with E-state index >= 15 is 0 Å². The Bertz CT molecular complexity index is 945. The maximum absolute atomic E-state index is 11.6. The molecule has 0 bridgehead atoms. The second-order valence-corrected chi connectivity index (χ2v) is 8.82. The molecular weight excluding hydrogens is 396 g/mol. The minimum Gasteiger partial charge on any atom is -0.507 e. The number of benzene rings is 2. The maximum atomic E-state index is 11.6. The van der Waals surface area contributed by atoms with Crippen molar-refractivity contribution in [3.63, 3.8) is 0 Å². The standard InChI is InChI=1S/C24H30N2O5/c1-24(2,3)19-13-16(7-10-21(19)26-11-5-6-12-26)20(25-29)15-31-17-8-9-18(22(27)14-17)23(28)30-4/h7-10,13-14,20,27H,5-6,11-12,15H2,1-4H3. The number of rotatable bonds is 7. The Morgan fingerprint density at radius 3 is 2.45 bits per heavy atom. The lowest BCUT2D eigenvalue weighted by Crippen LogP contribution is -2.24. The van der Waals surface area contributed by atoms with Gasteiger partial charge in [-0.15, -0.1) is 0 Å². The third kappa shape index (κ3) is 5.16. The predicted octanol–water partition coefficient (Wildman–Crippen LogP) is 4.96. The highest BCUT2D eigenvalue weighted by atomic mass is 16.5. The summed E-state index contributed by atoms with van der Waals surface area (Å²) in [5.74, 6) is -0.544. The first-order valence-corrected chi connectivity index (χ1v) is 10.5. The van der Waals surface area contributed by atoms with E-state index in [2.05, 4.69) is 47.7 Å². The van der Waals surface area contributed by atoms with E-state index in [9.17, 15) is 14.8 Å². The normalized spacial score (nSPS) is 14.9. The number of phenolic OH excluding ortho intramolecular Hbond substituents is 1. The van der Waals surface area contributed by atoms with E-state index < -0.39 is 12.0 Å². The zero-order chi connectivity index (χ0) is 22.6. The average molecular weight is 427 g/mol. The molecule has 2 aromatic rings. The summed E-state index contributed by atoms with van der Waals surface area (Å²) in [5, 5.41) is 13.3. The van der Waals surface area contributed by atoms with E-state index in [0.29, 0.717) is 5.75 Å². The number of phenols is 1. The monoisotopic (exact) mass is 426 g/mol. The molecule has 3 rings (SSSR count). The third-order valence-electron chi connectivity index (χ3n) is 5.57. The maximum Gasteiger partial charge on any atom is 0.341 e. The highest BCUT2D eigenvalue weighted by Crippen LogP contribution is 2.36. The fraction of sp³-hybridized carbons (Fsp3) is 0.458. The van der Waals surface area contributed by atoms with Gasteiger partial charge in [-0.25, -0.2) is 4.79 Å². The third-order valence-corrected chi connectivity index (χ3v) is 5.57. The van der Waals surface area contributed by atoms with Gasteiger partial charge in [0.1, 0.15) is 23.7 Å². The van der Waals surface area contributed by atoms with Crippen LogP contribution in [0.2, 0.25) is 0 Å². The number of anilines is 1. The lowest BCUT2D eigenvalue weighted by atomic mass is 9.83. The Morgan fingerprint density at radius 1 is 1.16 bits per heavy atom. The Labute approximate surface area is 182 Å². The van der Waals surface area contributed by atoms with Gasteiger partial charge in [-0.2, -0.15) is 4.91 Å². The molecule has 1 N–H and O–H groups in total. The van der Waals surface area contributed by atoms with Crippen LogP contribution in [0.5, 0.6) is 11.5 Å². The van der Waals surface area contributed by atoms with E-state index in [4.69, 9.17) is 4.74 Å². The van der Waals surface area contributed by atoms with Gasteiger partial charge in [0, 0.05) is 24.8 Å². The summed E-state index contributed by atoms with van der Waals surface area (Å²) in [6.45, 7) is 8.61. The molecule has 1 fully saturated rings. The number of ether oxygens (including phenoxy) is 2. The van der Waals surface area contributed by atoms with Crippen molar-refractivity contribution in [2.24, 2.45) is 5.18 Å². The molecule has 1 atom stereocenters. The van der Waals surface area contributed by atoms with Crippen LogP contribution in [-0.4, -0.2) is 37.9 Å². The molecule has 1 saturated heterocycles. The molecule has 1 unspecified atom stereocenters. The number of esters is 1. The highest BCUT2D eigenvalue weighted by molar-refractivity contribution is 5.92. The molecule has 0 spiro atoms. The fourth-order valence-corrected chi connectivity index (χ4v) is 3.84. The number of carbonyl (C=O) groups is 1. The summed E-state index contributed by atoms with van der Waals surface area (Å²) in [7, 11) is 1.24. The molecule has 0 aliphatic carbocycles. The average Bonchev–Trinajstić information content (AvgIpc) is 3.28. The lowest BCUT2D eigenvalue weighted by molar-refractivity contribution is 0.0597. The van der Waals surface area contributed by atoms with Gasteiger partial charge < -0.3 is 19.5 Å². The van der Waals surface area contributed by atoms with Crippen LogP contribution < -0.4 is 9.64 Å². The zero-order valence-electron chi connectivity index (χ0n) is 18.6. The van der Waals surface area contributed by atoms with Gasteiger partial charge in [0.05, 0.1) is 7.11 Å². The molecule has 7 heteroatoms. The summed E-state index contributed by atoms with van der Waals surface area (Å²) in [6.07, 6.45) is 2.39. The number of hydrogen-bond donors (Lipinski definition) is 1. The topological polar surface area (TPSA) is 88.4 Å². The summed E-state index contributed by atoms with van der Waals surface area (Å²) in [4.78, 5) is 25.6. The van der Waals surface area contributed by atoms with Crippen molar-refractivity contribution in [3.8, 4) is 11.5 Å². The molecular formula is C24H30N2O5. The van der Waals surface area contributed by atoms with Gasteiger partial charge in [-0.1, -0.05) is 38.1 Å². The Balaban J connectivity index is 1.80. The van der Waals surface area contributed by atoms with E-state index in [1.807, 2.05) is 6.07 Å². The van der Waals surface area contributed by atoms with Gasteiger partial charge in [0.25, 0.3) is 0 Å². The fourth-order valence-electron chi connectivity index (χ4n) is 3.84. The first kappa shape index (κ1) is 22.6. The van der Waals surface area contributed by atoms with Crippen molar-refractivity contribution in [2.45, 2.75) is 45.1 Å². The summed E-state index contributed by atoms with van der Waals surface area (Å²) in [5.41, 5.74) is 3.14. The van der Waals surface area contributed by atoms with Crippen LogP contribution in [0.25, 0.3) is 0 Å². The zero-order valence-corrected chi connectivity index (χ0v) is 18.6. The van der Waals surface area contributed by atoms with Crippen LogP contribution in [0.3, 0.4) is 0 Å². The first-order chi connectivity index (χ1) is 14.7. The molecule has 1 heterocycles. The van der Waals surface area contributed by atoms with Crippen molar-refractivity contribution in [1.29, 1.82) is 0 Å². The smallest absolute Gasteiger partial charge is 0.341 e. The molecule has 0 aromatic heterocycles. The molecule has 1 aliphatic rings. The van der Waals surface area contributed by atoms with Gasteiger partial charge in [0.2, 0.25) is 0 Å². The van der Waals surface area contributed by atoms with Crippen LogP contribution >= 0.6 is 0 Å². The van der Waals surface area contributed by atoms with E-state index in [1.54, 1.807) is 6.07 Å². The van der Waals surface area contributed by atoms with Crippen LogP contribution in [0, 0.1) is 4.91 Å². The van der Waals surface area contributed by atoms with E-state index in [-0.39, 0.29) is 23.3 Å². The molecule has 7 nitrogen and oxygen atoms in total. The second kappa shape index (κ2) is 9.37. The molecule has 0 radical (unpaired) electrons. The molecule has 0 saturated carbocycles. The van der Waals surface area contributed by atoms with Crippen LogP contribution in [-0.2, 0) is 10.2 Å². The number of hydrogen-bond acceptors (Lipinski definition) is 7. The van der Waals surface area contributed by atoms with Crippen molar-refractivity contribution in [1.82, 2.24) is 0 Å². The summed E-state index contributed by atoms with van der Waals surface area (Å²) < 4.78 is 10.3. The second-order valence-electron chi connectivity index (χ2n) is 8.82. The molecule has 166 valence electrons. The van der Waals surface area contributed by atoms with E-state index in [0.717, 1.165) is 18.7 Å². The Kier molecular flexibility index (Phi) is 6.83. The van der Waals surface area contributed by atoms with Crippen LogP contribution in [0.15, 0.2) is 41.6 Å². The Hall–Kier alpha value is -3.09. The quantitative estimate of drug-likeness (QED) is 0.497. The largest absolute Gasteiger partial charge is 0.507 e. The van der Waals surface area contributed by atoms with E-state index in [1.165, 1.54) is 43.3 Å².